The van der Waals surface area contributed by atoms with Crippen LogP contribution in [0.15, 0.2) is 30.3 Å². The number of hydrogen-bond donors (Lipinski definition) is 1. The highest BCUT2D eigenvalue weighted by Crippen LogP contribution is 2.27. The van der Waals surface area contributed by atoms with Gasteiger partial charge in [0, 0.05) is 25.4 Å². The Morgan fingerprint density at radius 1 is 1.24 bits per heavy atom. The molecular weight excluding hydrogens is 337 g/mol. The molecule has 0 spiro atoms. The molecule has 134 valence electrons. The second-order valence-electron chi connectivity index (χ2n) is 5.88. The van der Waals surface area contributed by atoms with Crippen molar-refractivity contribution in [2.24, 2.45) is 0 Å². The molecule has 9 heteroatoms. The summed E-state index contributed by atoms with van der Waals surface area (Å²) in [6.07, 6.45) is -3.30. The van der Waals surface area contributed by atoms with Crippen LogP contribution in [0.3, 0.4) is 0 Å². The summed E-state index contributed by atoms with van der Waals surface area (Å²) in [6.45, 7) is 0.435. The first-order valence-corrected chi connectivity index (χ1v) is 7.91. The average molecular weight is 354 g/mol. The number of aromatic nitrogens is 3. The second kappa shape index (κ2) is 7.22. The van der Waals surface area contributed by atoms with Crippen LogP contribution in [-0.4, -0.2) is 45.5 Å². The smallest absolute Gasteiger partial charge is 0.361 e. The molecule has 0 aliphatic carbocycles. The fraction of sp³-hybridized carbons (Fsp3) is 0.438. The van der Waals surface area contributed by atoms with Gasteiger partial charge in [0.05, 0.1) is 0 Å². The number of hydroxylamine groups is 2. The molecule has 0 amide bonds. The van der Waals surface area contributed by atoms with E-state index in [2.05, 4.69) is 20.0 Å². The molecule has 0 radical (unpaired) electrons. The number of alkyl halides is 3. The molecular formula is C16H17F3N4O2. The third kappa shape index (κ3) is 4.56. The Kier molecular flexibility index (Phi) is 5.03. The van der Waals surface area contributed by atoms with Crippen LogP contribution in [0.25, 0.3) is 0 Å². The van der Waals surface area contributed by atoms with Gasteiger partial charge >= 0.3 is 12.1 Å². The number of halogens is 3. The van der Waals surface area contributed by atoms with E-state index in [1.807, 2.05) is 30.3 Å². The minimum absolute atomic E-state index is 0.0293. The molecule has 1 aromatic heterocycles. The average Bonchev–Trinajstić information content (AvgIpc) is 3.04. The largest absolute Gasteiger partial charge is 0.492 e. The summed E-state index contributed by atoms with van der Waals surface area (Å²) < 4.78 is 36.6. The predicted octanol–water partition coefficient (Wildman–Crippen LogP) is 2.60. The maximum atomic E-state index is 12.2. The molecule has 1 fully saturated rings. The molecule has 3 rings (SSSR count). The van der Waals surface area contributed by atoms with Gasteiger partial charge in [-0.2, -0.15) is 18.3 Å². The zero-order valence-corrected chi connectivity index (χ0v) is 13.3. The zero-order valence-electron chi connectivity index (χ0n) is 13.3. The third-order valence-electron chi connectivity index (χ3n) is 4.03. The van der Waals surface area contributed by atoms with Gasteiger partial charge in [-0.1, -0.05) is 30.3 Å². The Morgan fingerprint density at radius 2 is 1.92 bits per heavy atom. The van der Waals surface area contributed by atoms with Crippen molar-refractivity contribution >= 4 is 5.97 Å². The fourth-order valence-electron chi connectivity index (χ4n) is 2.74. The van der Waals surface area contributed by atoms with E-state index in [4.69, 9.17) is 0 Å². The number of nitrogens with one attached hydrogen (secondary N) is 1. The van der Waals surface area contributed by atoms with E-state index in [1.54, 1.807) is 0 Å². The van der Waals surface area contributed by atoms with Gasteiger partial charge < -0.3 is 4.84 Å². The number of piperidine rings is 1. The number of benzene rings is 1. The first-order chi connectivity index (χ1) is 11.9. The van der Waals surface area contributed by atoms with Crippen molar-refractivity contribution in [1.82, 2.24) is 20.2 Å². The number of aromatic amines is 1. The van der Waals surface area contributed by atoms with Crippen LogP contribution in [0.5, 0.6) is 0 Å². The fourth-order valence-corrected chi connectivity index (χ4v) is 2.74. The zero-order chi connectivity index (χ0) is 17.9. The number of nitrogens with zero attached hydrogens (tertiary/aromatic N) is 3. The Morgan fingerprint density at radius 3 is 2.56 bits per heavy atom. The summed E-state index contributed by atoms with van der Waals surface area (Å²) in [6, 6.07) is 9.83. The highest BCUT2D eigenvalue weighted by atomic mass is 19.4. The molecule has 6 nitrogen and oxygen atoms in total. The van der Waals surface area contributed by atoms with Gasteiger partial charge in [0.15, 0.2) is 5.82 Å². The number of H-pyrrole nitrogens is 1. The molecule has 0 bridgehead atoms. The Bertz CT molecular complexity index is 710. The van der Waals surface area contributed by atoms with Gasteiger partial charge in [-0.05, 0) is 18.4 Å². The van der Waals surface area contributed by atoms with Crippen molar-refractivity contribution in [2.75, 3.05) is 13.1 Å². The van der Waals surface area contributed by atoms with Crippen LogP contribution >= 0.6 is 0 Å². The van der Waals surface area contributed by atoms with E-state index in [1.165, 1.54) is 0 Å². The maximum absolute atomic E-state index is 12.2. The summed E-state index contributed by atoms with van der Waals surface area (Å²) in [5, 5.41) is 8.17. The van der Waals surface area contributed by atoms with Crippen LogP contribution in [0.2, 0.25) is 0 Å². The van der Waals surface area contributed by atoms with Crippen LogP contribution in [-0.2, 0) is 16.1 Å². The summed E-state index contributed by atoms with van der Waals surface area (Å²) in [4.78, 5) is 19.7. The van der Waals surface area contributed by atoms with E-state index in [9.17, 15) is 18.0 Å². The standard InChI is InChI=1S/C16H17F3N4O2/c17-16(18,19)15(24)25-23-8-6-12(7-9-23)14-20-13(21-22-14)10-11-4-2-1-3-5-11/h1-5,12H,6-10H2,(H,20,21,22). The Labute approximate surface area is 142 Å². The molecule has 2 heterocycles. The summed E-state index contributed by atoms with van der Waals surface area (Å²) in [5.41, 5.74) is 1.11. The summed E-state index contributed by atoms with van der Waals surface area (Å²) in [7, 11) is 0. The lowest BCUT2D eigenvalue weighted by Gasteiger charge is -2.29. The Balaban J connectivity index is 1.52. The van der Waals surface area contributed by atoms with Crippen molar-refractivity contribution in [2.45, 2.75) is 31.4 Å². The molecule has 1 N–H and O–H groups in total. The van der Waals surface area contributed by atoms with Gasteiger partial charge in [-0.15, -0.1) is 5.06 Å². The molecule has 1 aliphatic rings. The maximum Gasteiger partial charge on any atom is 0.492 e. The van der Waals surface area contributed by atoms with E-state index in [-0.39, 0.29) is 19.0 Å². The number of rotatable bonds is 4. The highest BCUT2D eigenvalue weighted by molar-refractivity contribution is 5.75. The lowest BCUT2D eigenvalue weighted by molar-refractivity contribution is -0.241. The number of carbonyl (C=O) groups excluding carboxylic acids is 1. The predicted molar refractivity (Wildman–Crippen MR) is 81.3 cm³/mol. The Hall–Kier alpha value is -2.42. The van der Waals surface area contributed by atoms with Gasteiger partial charge in [-0.25, -0.2) is 9.78 Å². The molecule has 1 aromatic carbocycles. The quantitative estimate of drug-likeness (QED) is 0.914. The van der Waals surface area contributed by atoms with Crippen LogP contribution in [0.1, 0.15) is 36.0 Å². The first-order valence-electron chi connectivity index (χ1n) is 7.91. The minimum atomic E-state index is -4.98. The van der Waals surface area contributed by atoms with E-state index in [0.717, 1.165) is 16.5 Å². The molecule has 1 saturated heterocycles. The van der Waals surface area contributed by atoms with Crippen molar-refractivity contribution in [3.05, 3.63) is 47.5 Å². The van der Waals surface area contributed by atoms with Crippen LogP contribution in [0.4, 0.5) is 13.2 Å². The lowest BCUT2D eigenvalue weighted by Crippen LogP contribution is -2.39. The van der Waals surface area contributed by atoms with Gasteiger partial charge in [0.2, 0.25) is 0 Å². The monoisotopic (exact) mass is 354 g/mol. The van der Waals surface area contributed by atoms with Crippen LogP contribution in [0, 0.1) is 0 Å². The molecule has 0 atom stereocenters. The lowest BCUT2D eigenvalue weighted by atomic mass is 9.97. The molecule has 0 unspecified atom stereocenters. The third-order valence-corrected chi connectivity index (χ3v) is 4.03. The molecule has 1 aliphatic heterocycles. The normalized spacial score (nSPS) is 16.8. The van der Waals surface area contributed by atoms with Crippen molar-refractivity contribution in [3.8, 4) is 0 Å². The topological polar surface area (TPSA) is 71.1 Å². The van der Waals surface area contributed by atoms with E-state index < -0.39 is 12.1 Å². The summed E-state index contributed by atoms with van der Waals surface area (Å²) in [5.74, 6) is -0.768. The molecule has 0 saturated carbocycles. The highest BCUT2D eigenvalue weighted by Gasteiger charge is 2.43. The van der Waals surface area contributed by atoms with E-state index in [0.29, 0.717) is 25.1 Å². The molecule has 2 aromatic rings. The minimum Gasteiger partial charge on any atom is -0.361 e. The molecule has 25 heavy (non-hydrogen) atoms. The SMILES string of the molecule is O=C(ON1CCC(c2n[nH]c(Cc3ccccc3)n2)CC1)C(F)(F)F. The van der Waals surface area contributed by atoms with Gasteiger partial charge in [0.25, 0.3) is 0 Å². The van der Waals surface area contributed by atoms with Crippen LogP contribution < -0.4 is 0 Å². The van der Waals surface area contributed by atoms with Crippen molar-refractivity contribution in [1.29, 1.82) is 0 Å². The number of hydrogen-bond acceptors (Lipinski definition) is 5. The van der Waals surface area contributed by atoms with E-state index >= 15 is 0 Å². The van der Waals surface area contributed by atoms with Crippen molar-refractivity contribution < 1.29 is 22.8 Å². The van der Waals surface area contributed by atoms with Crippen molar-refractivity contribution in [3.63, 3.8) is 0 Å². The van der Waals surface area contributed by atoms with Gasteiger partial charge in [-0.3, -0.25) is 5.10 Å². The van der Waals surface area contributed by atoms with Gasteiger partial charge in [0.1, 0.15) is 5.82 Å². The second-order valence-corrected chi connectivity index (χ2v) is 5.88. The number of carbonyl (C=O) groups is 1. The first kappa shape index (κ1) is 17.4. The summed E-state index contributed by atoms with van der Waals surface area (Å²) >= 11 is 0.